The molecule has 1 N–H and O–H groups in total. The third-order valence-corrected chi connectivity index (χ3v) is 6.66. The molecule has 10 heteroatoms. The first kappa shape index (κ1) is 27.3. The van der Waals surface area contributed by atoms with Crippen molar-refractivity contribution >= 4 is 5.91 Å². The minimum atomic E-state index is -4.61. The van der Waals surface area contributed by atoms with E-state index in [2.05, 4.69) is 20.6 Å². The van der Waals surface area contributed by atoms with Crippen LogP contribution in [-0.2, 0) is 11.3 Å². The maximum absolute atomic E-state index is 14.3. The van der Waals surface area contributed by atoms with Crippen LogP contribution in [0, 0.1) is 5.92 Å². The minimum Gasteiger partial charge on any atom is -0.351 e. The van der Waals surface area contributed by atoms with Gasteiger partial charge in [0.25, 0.3) is 0 Å². The number of hydrogen-bond donors (Lipinski definition) is 1. The summed E-state index contributed by atoms with van der Waals surface area (Å²) in [6.45, 7) is 6.08. The van der Waals surface area contributed by atoms with E-state index in [0.717, 1.165) is 33.6 Å². The van der Waals surface area contributed by atoms with Crippen molar-refractivity contribution in [3.05, 3.63) is 65.5 Å². The van der Waals surface area contributed by atoms with Gasteiger partial charge in [0.1, 0.15) is 5.70 Å². The first-order chi connectivity index (χ1) is 18.2. The Hall–Kier alpha value is -3.69. The second-order valence-electron chi connectivity index (χ2n) is 9.97. The van der Waals surface area contributed by atoms with Gasteiger partial charge in [-0.1, -0.05) is 75.7 Å². The smallest absolute Gasteiger partial charge is 0.351 e. The van der Waals surface area contributed by atoms with Gasteiger partial charge in [-0.05, 0) is 47.1 Å². The molecule has 0 atom stereocenters. The molecule has 3 aromatic rings. The highest BCUT2D eigenvalue weighted by atomic mass is 19.4. The monoisotopic (exact) mass is 526 g/mol. The number of carbonyl (C=O) groups excluding carboxylic acids is 1. The molecule has 0 radical (unpaired) electrons. The van der Waals surface area contributed by atoms with E-state index in [1.807, 2.05) is 69.3 Å². The number of allylic oxidation sites excluding steroid dienone is 2. The highest BCUT2D eigenvalue weighted by Crippen LogP contribution is 2.40. The fourth-order valence-electron chi connectivity index (χ4n) is 4.68. The lowest BCUT2D eigenvalue weighted by Gasteiger charge is -2.24. The van der Waals surface area contributed by atoms with Gasteiger partial charge in [-0.15, -0.1) is 10.2 Å². The fourth-order valence-corrected chi connectivity index (χ4v) is 4.68. The summed E-state index contributed by atoms with van der Waals surface area (Å²) in [5, 5.41) is 14.3. The Labute approximate surface area is 220 Å². The Balaban J connectivity index is 1.61. The van der Waals surface area contributed by atoms with Gasteiger partial charge in [-0.3, -0.25) is 9.69 Å². The molecule has 38 heavy (non-hydrogen) atoms. The molecule has 0 aliphatic carbocycles. The van der Waals surface area contributed by atoms with Crippen molar-refractivity contribution in [2.75, 3.05) is 6.67 Å². The van der Waals surface area contributed by atoms with Crippen molar-refractivity contribution < 1.29 is 18.0 Å². The maximum atomic E-state index is 14.3. The molecule has 4 rings (SSSR count). The molecule has 0 saturated carbocycles. The highest BCUT2D eigenvalue weighted by Gasteiger charge is 2.47. The molecular formula is C28H33F3N6O. The van der Waals surface area contributed by atoms with E-state index >= 15 is 0 Å². The van der Waals surface area contributed by atoms with Crippen molar-refractivity contribution in [3.8, 4) is 22.5 Å². The van der Waals surface area contributed by atoms with Gasteiger partial charge in [-0.2, -0.15) is 18.4 Å². The number of tetrazole rings is 1. The number of carbonyl (C=O) groups is 1. The van der Waals surface area contributed by atoms with Crippen LogP contribution < -0.4 is 0 Å². The largest absolute Gasteiger partial charge is 0.433 e. The average Bonchev–Trinajstić information content (AvgIpc) is 3.55. The Kier molecular flexibility index (Phi) is 8.48. The molecule has 0 bridgehead atoms. The first-order valence-electron chi connectivity index (χ1n) is 13.0. The molecule has 7 nitrogen and oxygen atoms in total. The summed E-state index contributed by atoms with van der Waals surface area (Å²) < 4.78 is 42.8. The summed E-state index contributed by atoms with van der Waals surface area (Å²) in [4.78, 5) is 15.5. The molecule has 2 heterocycles. The Morgan fingerprint density at radius 2 is 1.79 bits per heavy atom. The number of nitrogens with zero attached hydrogens (tertiary/aromatic N) is 5. The predicted octanol–water partition coefficient (Wildman–Crippen LogP) is 6.54. The van der Waals surface area contributed by atoms with Crippen molar-refractivity contribution in [3.63, 3.8) is 0 Å². The maximum Gasteiger partial charge on any atom is 0.433 e. The normalized spacial score (nSPS) is 14.2. The van der Waals surface area contributed by atoms with Crippen LogP contribution in [0.15, 0.2) is 59.9 Å². The quantitative estimate of drug-likeness (QED) is 0.325. The molecule has 1 aliphatic heterocycles. The summed E-state index contributed by atoms with van der Waals surface area (Å²) in [7, 11) is 0. The number of aromatic nitrogens is 4. The van der Waals surface area contributed by atoms with Crippen LogP contribution in [-0.4, -0.2) is 49.2 Å². The minimum absolute atomic E-state index is 0.0900. The molecule has 1 amide bonds. The van der Waals surface area contributed by atoms with Crippen LogP contribution >= 0.6 is 0 Å². The van der Waals surface area contributed by atoms with E-state index in [4.69, 9.17) is 0 Å². The SMILES string of the molecule is CCCCC(=O)N1CN(Cc2ccc(-c3ccccc3-c3nn[nH]n3)cc2)C(CCC(C)C)=C1C(F)(F)F. The van der Waals surface area contributed by atoms with Crippen LogP contribution in [0.2, 0.25) is 0 Å². The Morgan fingerprint density at radius 3 is 2.39 bits per heavy atom. The number of rotatable bonds is 10. The number of nitrogens with one attached hydrogen (secondary N) is 1. The molecule has 0 unspecified atom stereocenters. The van der Waals surface area contributed by atoms with Crippen molar-refractivity contribution in [2.24, 2.45) is 5.92 Å². The third-order valence-electron chi connectivity index (χ3n) is 6.66. The number of unbranched alkanes of at least 4 members (excludes halogenated alkanes) is 1. The van der Waals surface area contributed by atoms with Crippen molar-refractivity contribution in [1.82, 2.24) is 30.4 Å². The summed E-state index contributed by atoms with van der Waals surface area (Å²) in [5.41, 5.74) is 2.93. The molecule has 2 aromatic carbocycles. The number of aromatic amines is 1. The lowest BCUT2D eigenvalue weighted by Crippen LogP contribution is -2.36. The molecule has 0 spiro atoms. The number of halogens is 3. The van der Waals surface area contributed by atoms with E-state index in [9.17, 15) is 18.0 Å². The van der Waals surface area contributed by atoms with E-state index in [1.165, 1.54) is 0 Å². The zero-order valence-corrected chi connectivity index (χ0v) is 21.9. The second kappa shape index (κ2) is 11.8. The van der Waals surface area contributed by atoms with Gasteiger partial charge < -0.3 is 4.90 Å². The number of alkyl halides is 3. The third kappa shape index (κ3) is 6.23. The van der Waals surface area contributed by atoms with Crippen LogP contribution in [0.25, 0.3) is 22.5 Å². The van der Waals surface area contributed by atoms with E-state index in [-0.39, 0.29) is 37.7 Å². The summed E-state index contributed by atoms with van der Waals surface area (Å²) in [5.74, 6) is 0.244. The predicted molar refractivity (Wildman–Crippen MR) is 139 cm³/mol. The summed E-state index contributed by atoms with van der Waals surface area (Å²) >= 11 is 0. The zero-order chi connectivity index (χ0) is 27.3. The first-order valence-corrected chi connectivity index (χ1v) is 13.0. The number of benzene rings is 2. The molecular weight excluding hydrogens is 493 g/mol. The van der Waals surface area contributed by atoms with E-state index < -0.39 is 17.8 Å². The standard InChI is InChI=1S/C28H33F3N6O/c1-4-5-10-25(38)37-18-36(24(16-11-19(2)3)26(37)28(29,30)31)17-20-12-14-21(15-13-20)22-8-6-7-9-23(22)27-32-34-35-33-27/h6-9,12-15,19H,4-5,10-11,16-18H2,1-3H3,(H,32,33,34,35). The van der Waals surface area contributed by atoms with Gasteiger partial charge in [0.2, 0.25) is 11.7 Å². The molecule has 202 valence electrons. The molecule has 1 aliphatic rings. The lowest BCUT2D eigenvalue weighted by atomic mass is 9.98. The van der Waals surface area contributed by atoms with E-state index in [1.54, 1.807) is 4.90 Å². The number of amides is 1. The number of H-pyrrole nitrogens is 1. The molecule has 1 aromatic heterocycles. The summed E-state index contributed by atoms with van der Waals surface area (Å²) in [6.07, 6.45) is -2.32. The van der Waals surface area contributed by atoms with Gasteiger partial charge in [0.05, 0.1) is 6.67 Å². The second-order valence-corrected chi connectivity index (χ2v) is 9.97. The van der Waals surface area contributed by atoms with Crippen molar-refractivity contribution in [2.45, 2.75) is 65.6 Å². The van der Waals surface area contributed by atoms with Gasteiger partial charge in [-0.25, -0.2) is 0 Å². The van der Waals surface area contributed by atoms with Gasteiger partial charge in [0, 0.05) is 24.2 Å². The van der Waals surface area contributed by atoms with Crippen molar-refractivity contribution in [1.29, 1.82) is 0 Å². The van der Waals surface area contributed by atoms with Gasteiger partial charge in [0.15, 0.2) is 0 Å². The Morgan fingerprint density at radius 1 is 1.08 bits per heavy atom. The van der Waals surface area contributed by atoms with Crippen LogP contribution in [0.5, 0.6) is 0 Å². The van der Waals surface area contributed by atoms with Crippen LogP contribution in [0.1, 0.15) is 58.4 Å². The average molecular weight is 527 g/mol. The lowest BCUT2D eigenvalue weighted by molar-refractivity contribution is -0.141. The fraction of sp³-hybridized carbons (Fsp3) is 0.429. The zero-order valence-electron chi connectivity index (χ0n) is 21.9. The topological polar surface area (TPSA) is 78.0 Å². The highest BCUT2D eigenvalue weighted by molar-refractivity contribution is 5.80. The van der Waals surface area contributed by atoms with E-state index in [0.29, 0.717) is 18.7 Å². The van der Waals surface area contributed by atoms with Crippen LogP contribution in [0.4, 0.5) is 13.2 Å². The summed E-state index contributed by atoms with van der Waals surface area (Å²) in [6, 6.07) is 15.4. The molecule has 0 saturated heterocycles. The molecule has 0 fully saturated rings. The van der Waals surface area contributed by atoms with Crippen LogP contribution in [0.3, 0.4) is 0 Å². The Bertz CT molecular complexity index is 1250. The number of hydrogen-bond acceptors (Lipinski definition) is 5. The van der Waals surface area contributed by atoms with Gasteiger partial charge >= 0.3 is 6.18 Å².